The molecule has 0 radical (unpaired) electrons. The molecule has 3 heterocycles. The molecule has 11 heteroatoms. The summed E-state index contributed by atoms with van der Waals surface area (Å²) in [5.41, 5.74) is -2.26. The molecular weight excluding hydrogens is 402 g/mol. The Labute approximate surface area is 157 Å². The van der Waals surface area contributed by atoms with E-state index in [-0.39, 0.29) is 27.8 Å². The minimum Gasteiger partial charge on any atom is -0.296 e. The third kappa shape index (κ3) is 3.12. The van der Waals surface area contributed by atoms with Crippen molar-refractivity contribution in [2.45, 2.75) is 12.4 Å². The minimum absolute atomic E-state index is 0.100. The summed E-state index contributed by atoms with van der Waals surface area (Å²) < 4.78 is 80.1. The van der Waals surface area contributed by atoms with E-state index >= 15 is 0 Å². The van der Waals surface area contributed by atoms with Gasteiger partial charge in [0.05, 0.1) is 22.2 Å². The number of alkyl halides is 6. The zero-order valence-electron chi connectivity index (χ0n) is 14.5. The van der Waals surface area contributed by atoms with Gasteiger partial charge in [-0.3, -0.25) is 14.3 Å². The van der Waals surface area contributed by atoms with Crippen LogP contribution in [0.4, 0.5) is 26.3 Å². The van der Waals surface area contributed by atoms with Crippen LogP contribution in [0.15, 0.2) is 47.4 Å². The molecule has 0 fully saturated rings. The number of hydrogen-bond acceptors (Lipinski definition) is 3. The zero-order chi connectivity index (χ0) is 21.1. The summed E-state index contributed by atoms with van der Waals surface area (Å²) in [7, 11) is 1.34. The largest absolute Gasteiger partial charge is 0.433 e. The lowest BCUT2D eigenvalue weighted by molar-refractivity contribution is -0.141. The predicted molar refractivity (Wildman–Crippen MR) is 91.2 cm³/mol. The highest BCUT2D eigenvalue weighted by atomic mass is 19.4. The standard InChI is InChI=1S/C18H10F6N4O/c1-27-15-8-12(9-4-5-25-14(6-9)18(22,23)24)26-28(15)13-3-2-10(17(19,20)21)7-11(13)16(27)29/h2-8H,1H3. The molecule has 0 aliphatic heterocycles. The highest BCUT2D eigenvalue weighted by molar-refractivity contribution is 5.82. The van der Waals surface area contributed by atoms with E-state index in [1.807, 2.05) is 0 Å². The van der Waals surface area contributed by atoms with Gasteiger partial charge >= 0.3 is 12.4 Å². The fourth-order valence-electron chi connectivity index (χ4n) is 3.03. The van der Waals surface area contributed by atoms with Gasteiger partial charge in [-0.1, -0.05) is 0 Å². The molecule has 5 nitrogen and oxygen atoms in total. The van der Waals surface area contributed by atoms with Gasteiger partial charge in [-0.05, 0) is 30.3 Å². The van der Waals surface area contributed by atoms with Crippen molar-refractivity contribution in [1.29, 1.82) is 0 Å². The van der Waals surface area contributed by atoms with Crippen molar-refractivity contribution in [3.8, 4) is 11.3 Å². The second-order valence-corrected chi connectivity index (χ2v) is 6.32. The van der Waals surface area contributed by atoms with Gasteiger partial charge in [0.15, 0.2) is 0 Å². The molecule has 0 aliphatic carbocycles. The average Bonchev–Trinajstić information content (AvgIpc) is 3.10. The first-order chi connectivity index (χ1) is 13.5. The number of halogens is 6. The lowest BCUT2D eigenvalue weighted by atomic mass is 10.1. The average molecular weight is 412 g/mol. The molecule has 0 N–H and O–H groups in total. The Balaban J connectivity index is 1.98. The Bertz CT molecular complexity index is 1320. The highest BCUT2D eigenvalue weighted by Crippen LogP contribution is 2.32. The van der Waals surface area contributed by atoms with E-state index in [1.54, 1.807) is 0 Å². The molecular formula is C18H10F6N4O. The van der Waals surface area contributed by atoms with Crippen molar-refractivity contribution in [3.63, 3.8) is 0 Å². The van der Waals surface area contributed by atoms with Gasteiger partial charge in [0, 0.05) is 24.9 Å². The monoisotopic (exact) mass is 412 g/mol. The Morgan fingerprint density at radius 3 is 2.31 bits per heavy atom. The lowest BCUT2D eigenvalue weighted by Crippen LogP contribution is -2.20. The second-order valence-electron chi connectivity index (χ2n) is 6.32. The van der Waals surface area contributed by atoms with Crippen molar-refractivity contribution >= 4 is 16.6 Å². The fourth-order valence-corrected chi connectivity index (χ4v) is 3.03. The molecule has 0 aliphatic rings. The molecule has 0 unspecified atom stereocenters. The van der Waals surface area contributed by atoms with E-state index in [4.69, 9.17) is 0 Å². The third-order valence-corrected chi connectivity index (χ3v) is 4.47. The van der Waals surface area contributed by atoms with E-state index in [0.29, 0.717) is 0 Å². The summed E-state index contributed by atoms with van der Waals surface area (Å²) in [4.78, 5) is 15.8. The van der Waals surface area contributed by atoms with Crippen molar-refractivity contribution < 1.29 is 26.3 Å². The van der Waals surface area contributed by atoms with E-state index in [1.165, 1.54) is 23.7 Å². The van der Waals surface area contributed by atoms with Crippen LogP contribution in [-0.2, 0) is 19.4 Å². The van der Waals surface area contributed by atoms with Gasteiger partial charge in [0.1, 0.15) is 11.3 Å². The molecule has 4 aromatic rings. The first-order valence-electron chi connectivity index (χ1n) is 8.10. The van der Waals surface area contributed by atoms with Crippen LogP contribution in [0, 0.1) is 0 Å². The summed E-state index contributed by atoms with van der Waals surface area (Å²) in [6.45, 7) is 0. The maximum atomic E-state index is 13.0. The quantitative estimate of drug-likeness (QED) is 0.439. The Morgan fingerprint density at radius 1 is 0.931 bits per heavy atom. The van der Waals surface area contributed by atoms with E-state index in [0.717, 1.165) is 35.0 Å². The molecule has 0 bridgehead atoms. The van der Waals surface area contributed by atoms with Crippen molar-refractivity contribution in [3.05, 3.63) is 64.2 Å². The SMILES string of the molecule is Cn1c(=O)c2cc(C(F)(F)F)ccc2n2nc(-c3ccnc(C(F)(F)F)c3)cc12. The molecule has 1 aromatic carbocycles. The summed E-state index contributed by atoms with van der Waals surface area (Å²) >= 11 is 0. The maximum absolute atomic E-state index is 13.0. The summed E-state index contributed by atoms with van der Waals surface area (Å²) in [6, 6.07) is 6.16. The van der Waals surface area contributed by atoms with Crippen LogP contribution in [-0.4, -0.2) is 19.2 Å². The molecule has 3 aromatic heterocycles. The first-order valence-corrected chi connectivity index (χ1v) is 8.10. The van der Waals surface area contributed by atoms with Crippen LogP contribution in [0.3, 0.4) is 0 Å². The van der Waals surface area contributed by atoms with E-state index < -0.39 is 29.2 Å². The number of aromatic nitrogens is 4. The molecule has 150 valence electrons. The van der Waals surface area contributed by atoms with Crippen molar-refractivity contribution in [2.24, 2.45) is 7.05 Å². The number of fused-ring (bicyclic) bond motifs is 3. The molecule has 0 saturated carbocycles. The van der Waals surface area contributed by atoms with Crippen LogP contribution >= 0.6 is 0 Å². The van der Waals surface area contributed by atoms with Crippen LogP contribution in [0.25, 0.3) is 27.8 Å². The van der Waals surface area contributed by atoms with Crippen LogP contribution in [0.5, 0.6) is 0 Å². The van der Waals surface area contributed by atoms with Crippen LogP contribution in [0.1, 0.15) is 11.3 Å². The smallest absolute Gasteiger partial charge is 0.296 e. The predicted octanol–water partition coefficient (Wildman–Crippen LogP) is 4.29. The number of benzene rings is 1. The summed E-state index contributed by atoms with van der Waals surface area (Å²) in [5.74, 6) is 0. The molecule has 4 rings (SSSR count). The topological polar surface area (TPSA) is 52.2 Å². The fraction of sp³-hybridized carbons (Fsp3) is 0.167. The van der Waals surface area contributed by atoms with Crippen LogP contribution < -0.4 is 5.56 Å². The van der Waals surface area contributed by atoms with Gasteiger partial charge in [-0.2, -0.15) is 31.4 Å². The highest BCUT2D eigenvalue weighted by Gasteiger charge is 2.33. The molecule has 0 spiro atoms. The van der Waals surface area contributed by atoms with E-state index in [9.17, 15) is 31.1 Å². The lowest BCUT2D eigenvalue weighted by Gasteiger charge is -2.10. The minimum atomic E-state index is -4.65. The number of hydrogen-bond donors (Lipinski definition) is 0. The zero-order valence-corrected chi connectivity index (χ0v) is 14.5. The molecule has 0 saturated heterocycles. The normalized spacial score (nSPS) is 12.8. The second kappa shape index (κ2) is 6.06. The number of rotatable bonds is 1. The number of pyridine rings is 1. The summed E-state index contributed by atoms with van der Waals surface area (Å²) in [5, 5.41) is 4.00. The number of aryl methyl sites for hydroxylation is 1. The maximum Gasteiger partial charge on any atom is 0.433 e. The number of nitrogens with zero attached hydrogens (tertiary/aromatic N) is 4. The Hall–Kier alpha value is -3.37. The van der Waals surface area contributed by atoms with Crippen molar-refractivity contribution in [1.82, 2.24) is 19.2 Å². The first kappa shape index (κ1) is 19.0. The van der Waals surface area contributed by atoms with Gasteiger partial charge < -0.3 is 0 Å². The molecule has 29 heavy (non-hydrogen) atoms. The van der Waals surface area contributed by atoms with Crippen molar-refractivity contribution in [2.75, 3.05) is 0 Å². The van der Waals surface area contributed by atoms with Gasteiger partial charge in [0.2, 0.25) is 0 Å². The van der Waals surface area contributed by atoms with Gasteiger partial charge in [0.25, 0.3) is 5.56 Å². The third-order valence-electron chi connectivity index (χ3n) is 4.47. The Kier molecular flexibility index (Phi) is 3.97. The molecule has 0 amide bonds. The summed E-state index contributed by atoms with van der Waals surface area (Å²) in [6.07, 6.45) is -8.30. The van der Waals surface area contributed by atoms with Gasteiger partial charge in [-0.15, -0.1) is 0 Å². The van der Waals surface area contributed by atoms with Crippen LogP contribution in [0.2, 0.25) is 0 Å². The van der Waals surface area contributed by atoms with E-state index in [2.05, 4.69) is 10.1 Å². The Morgan fingerprint density at radius 2 is 1.66 bits per heavy atom. The van der Waals surface area contributed by atoms with Gasteiger partial charge in [-0.25, -0.2) is 4.52 Å². The molecule has 0 atom stereocenters.